The Balaban J connectivity index is 1.61. The standard InChI is InChI=1S/C20H20N4/c1-2-14-10-16-5-6-18(23-16)12-20-8-7-19(24-20)11-17-4-3-15(22-17)9-13(1)21-14/h1-6,9-13,19,21-24H,7-8H2/b14-10-,15-9-,17-11-,20-12-. The van der Waals surface area contributed by atoms with Gasteiger partial charge in [0.25, 0.3) is 0 Å². The van der Waals surface area contributed by atoms with Crippen LogP contribution in [0.5, 0.6) is 0 Å². The number of nitrogens with one attached hydrogen (secondary N) is 4. The smallest absolute Gasteiger partial charge is 0.0655 e. The van der Waals surface area contributed by atoms with Crippen LogP contribution in [0.4, 0.5) is 0 Å². The van der Waals surface area contributed by atoms with Gasteiger partial charge in [-0.15, -0.1) is 0 Å². The number of aromatic nitrogens is 2. The highest BCUT2D eigenvalue weighted by atomic mass is 15.0. The molecule has 5 rings (SSSR count). The summed E-state index contributed by atoms with van der Waals surface area (Å²) in [6, 6.07) is 9.17. The summed E-state index contributed by atoms with van der Waals surface area (Å²) in [5, 5.41) is 9.45. The lowest BCUT2D eigenvalue weighted by Crippen LogP contribution is -2.24. The summed E-state index contributed by atoms with van der Waals surface area (Å²) >= 11 is 0. The summed E-state index contributed by atoms with van der Waals surface area (Å²) in [4.78, 5) is 6.96. The normalized spacial score (nSPS) is 31.5. The van der Waals surface area contributed by atoms with E-state index in [2.05, 4.69) is 81.3 Å². The first kappa shape index (κ1) is 13.5. The third-order valence-electron chi connectivity index (χ3n) is 4.75. The van der Waals surface area contributed by atoms with Gasteiger partial charge in [-0.2, -0.15) is 0 Å². The van der Waals surface area contributed by atoms with E-state index in [4.69, 9.17) is 0 Å². The number of hydrogen-bond donors (Lipinski definition) is 4. The third kappa shape index (κ3) is 2.60. The number of rotatable bonds is 0. The number of aromatic amines is 2. The molecule has 0 aromatic carbocycles. The van der Waals surface area contributed by atoms with E-state index in [1.807, 2.05) is 0 Å². The van der Waals surface area contributed by atoms with Crippen LogP contribution in [-0.2, 0) is 0 Å². The first-order chi connectivity index (χ1) is 11.8. The zero-order valence-electron chi connectivity index (χ0n) is 13.3. The lowest BCUT2D eigenvalue weighted by molar-refractivity contribution is 0.781. The molecule has 8 bridgehead atoms. The Morgan fingerprint density at radius 3 is 2.58 bits per heavy atom. The maximum absolute atomic E-state index is 3.62. The van der Waals surface area contributed by atoms with Gasteiger partial charge in [0.2, 0.25) is 0 Å². The summed E-state index contributed by atoms with van der Waals surface area (Å²) in [6.07, 6.45) is 15.4. The van der Waals surface area contributed by atoms with Gasteiger partial charge >= 0.3 is 0 Å². The Hall–Kier alpha value is -2.88. The van der Waals surface area contributed by atoms with Crippen LogP contribution in [0.1, 0.15) is 24.2 Å². The Kier molecular flexibility index (Phi) is 3.01. The molecule has 0 aliphatic carbocycles. The van der Waals surface area contributed by atoms with E-state index in [0.29, 0.717) is 6.04 Å². The third-order valence-corrected chi connectivity index (χ3v) is 4.75. The Morgan fingerprint density at radius 2 is 1.67 bits per heavy atom. The molecular formula is C20H20N4. The highest BCUT2D eigenvalue weighted by Crippen LogP contribution is 2.20. The lowest BCUT2D eigenvalue weighted by Gasteiger charge is -2.06. The molecule has 0 saturated carbocycles. The van der Waals surface area contributed by atoms with Crippen LogP contribution in [-0.4, -0.2) is 22.1 Å². The molecule has 2 unspecified atom stereocenters. The molecule has 2 aromatic heterocycles. The molecule has 120 valence electrons. The summed E-state index contributed by atoms with van der Waals surface area (Å²) in [5.74, 6) is 0. The average molecular weight is 316 g/mol. The minimum Gasteiger partial charge on any atom is -0.382 e. The van der Waals surface area contributed by atoms with Gasteiger partial charge in [-0.25, -0.2) is 0 Å². The molecular weight excluding hydrogens is 296 g/mol. The van der Waals surface area contributed by atoms with Crippen molar-refractivity contribution in [3.63, 3.8) is 0 Å². The minimum atomic E-state index is 0.223. The fourth-order valence-electron chi connectivity index (χ4n) is 3.60. The predicted octanol–water partition coefficient (Wildman–Crippen LogP) is 1.58. The highest BCUT2D eigenvalue weighted by molar-refractivity contribution is 5.60. The zero-order valence-corrected chi connectivity index (χ0v) is 13.3. The molecule has 4 nitrogen and oxygen atoms in total. The van der Waals surface area contributed by atoms with Crippen molar-refractivity contribution in [2.24, 2.45) is 0 Å². The summed E-state index contributed by atoms with van der Waals surface area (Å²) in [5.41, 5.74) is 4.68. The average Bonchev–Trinajstić information content (AvgIpc) is 3.32. The molecule has 5 heterocycles. The largest absolute Gasteiger partial charge is 0.382 e. The van der Waals surface area contributed by atoms with Gasteiger partial charge in [0.15, 0.2) is 0 Å². The first-order valence-corrected chi connectivity index (χ1v) is 8.51. The Labute approximate surface area is 140 Å². The van der Waals surface area contributed by atoms with Gasteiger partial charge in [-0.3, -0.25) is 0 Å². The van der Waals surface area contributed by atoms with Crippen molar-refractivity contribution in [2.45, 2.75) is 24.9 Å². The van der Waals surface area contributed by atoms with Gasteiger partial charge in [0, 0.05) is 39.5 Å². The predicted molar refractivity (Wildman–Crippen MR) is 97.9 cm³/mol. The lowest BCUT2D eigenvalue weighted by atomic mass is 10.2. The monoisotopic (exact) mass is 316 g/mol. The number of fused-ring (bicyclic) bond motifs is 8. The van der Waals surface area contributed by atoms with Crippen LogP contribution < -0.4 is 21.3 Å². The maximum Gasteiger partial charge on any atom is 0.0655 e. The molecule has 2 atom stereocenters. The molecule has 0 amide bonds. The molecule has 3 aliphatic heterocycles. The SMILES string of the molecule is C1=CC2/C=c3/cc/c([nH]3)=C/C3CC/C(=C/c4ccc([nH]4)/C=C/1N2)N3. The van der Waals surface area contributed by atoms with Gasteiger partial charge < -0.3 is 20.6 Å². The fourth-order valence-corrected chi connectivity index (χ4v) is 3.60. The summed E-state index contributed by atoms with van der Waals surface area (Å²) < 4.78 is 0. The van der Waals surface area contributed by atoms with E-state index >= 15 is 0 Å². The van der Waals surface area contributed by atoms with Crippen LogP contribution in [0.15, 0.2) is 47.8 Å². The van der Waals surface area contributed by atoms with Gasteiger partial charge in [0.05, 0.1) is 6.04 Å². The first-order valence-electron chi connectivity index (χ1n) is 8.51. The molecule has 24 heavy (non-hydrogen) atoms. The topological polar surface area (TPSA) is 55.6 Å². The molecule has 1 saturated heterocycles. The second-order valence-corrected chi connectivity index (χ2v) is 6.66. The zero-order chi connectivity index (χ0) is 15.9. The van der Waals surface area contributed by atoms with Crippen molar-refractivity contribution < 1.29 is 0 Å². The van der Waals surface area contributed by atoms with E-state index in [1.54, 1.807) is 0 Å². The van der Waals surface area contributed by atoms with E-state index in [-0.39, 0.29) is 6.04 Å². The Morgan fingerprint density at radius 1 is 0.833 bits per heavy atom. The second kappa shape index (κ2) is 5.34. The number of allylic oxidation sites excluding steroid dienone is 2. The van der Waals surface area contributed by atoms with Gasteiger partial charge in [-0.05, 0) is 67.5 Å². The number of H-pyrrole nitrogens is 2. The quantitative estimate of drug-likeness (QED) is 0.596. The number of hydrogen-bond acceptors (Lipinski definition) is 2. The Bertz CT molecular complexity index is 983. The van der Waals surface area contributed by atoms with Crippen molar-refractivity contribution >= 4 is 24.3 Å². The van der Waals surface area contributed by atoms with Gasteiger partial charge in [-0.1, -0.05) is 6.08 Å². The molecule has 1 fully saturated rings. The van der Waals surface area contributed by atoms with Crippen LogP contribution in [0.2, 0.25) is 0 Å². The molecule has 2 aromatic rings. The van der Waals surface area contributed by atoms with Crippen LogP contribution in [0.25, 0.3) is 24.3 Å². The van der Waals surface area contributed by atoms with Gasteiger partial charge in [0.1, 0.15) is 0 Å². The summed E-state index contributed by atoms with van der Waals surface area (Å²) in [6.45, 7) is 0. The minimum absolute atomic E-state index is 0.223. The van der Waals surface area contributed by atoms with E-state index in [0.717, 1.165) is 35.3 Å². The molecule has 0 spiro atoms. The maximum atomic E-state index is 3.62. The van der Waals surface area contributed by atoms with Crippen molar-refractivity contribution in [1.29, 1.82) is 0 Å². The van der Waals surface area contributed by atoms with E-state index in [9.17, 15) is 0 Å². The van der Waals surface area contributed by atoms with Crippen LogP contribution >= 0.6 is 0 Å². The molecule has 4 N–H and O–H groups in total. The summed E-state index contributed by atoms with van der Waals surface area (Å²) in [7, 11) is 0. The van der Waals surface area contributed by atoms with Crippen molar-refractivity contribution in [3.8, 4) is 0 Å². The van der Waals surface area contributed by atoms with E-state index < -0.39 is 0 Å². The van der Waals surface area contributed by atoms with Crippen LogP contribution in [0.3, 0.4) is 0 Å². The van der Waals surface area contributed by atoms with Crippen LogP contribution in [0, 0.1) is 0 Å². The van der Waals surface area contributed by atoms with Crippen molar-refractivity contribution in [3.05, 3.63) is 69.9 Å². The van der Waals surface area contributed by atoms with E-state index in [1.165, 1.54) is 11.0 Å². The molecule has 4 heteroatoms. The van der Waals surface area contributed by atoms with Crippen molar-refractivity contribution in [2.75, 3.05) is 0 Å². The fraction of sp³-hybridized carbons (Fsp3) is 0.200. The molecule has 0 radical (unpaired) electrons. The van der Waals surface area contributed by atoms with Crippen molar-refractivity contribution in [1.82, 2.24) is 20.6 Å². The molecule has 3 aliphatic rings. The highest BCUT2D eigenvalue weighted by Gasteiger charge is 2.16. The second-order valence-electron chi connectivity index (χ2n) is 6.66.